The van der Waals surface area contributed by atoms with Crippen molar-refractivity contribution in [3.63, 3.8) is 0 Å². The maximum absolute atomic E-state index is 12.2. The highest BCUT2D eigenvalue weighted by molar-refractivity contribution is 5.31. The van der Waals surface area contributed by atoms with Gasteiger partial charge >= 0.3 is 6.18 Å². The zero-order valence-corrected chi connectivity index (χ0v) is 7.80. The molecule has 0 amide bonds. The van der Waals surface area contributed by atoms with E-state index < -0.39 is 11.7 Å². The number of hydrogen-bond donors (Lipinski definition) is 0. The van der Waals surface area contributed by atoms with Gasteiger partial charge in [-0.15, -0.1) is 0 Å². The molecule has 4 heteroatoms. The normalized spacial score (nSPS) is 15.7. The lowest BCUT2D eigenvalue weighted by Crippen LogP contribution is -2.05. The van der Waals surface area contributed by atoms with E-state index in [-0.39, 0.29) is 0 Å². The minimum atomic E-state index is -4.32. The largest absolute Gasteiger partial charge is 0.417 e. The van der Waals surface area contributed by atoms with Gasteiger partial charge in [0.05, 0.1) is 5.56 Å². The molecule has 1 saturated carbocycles. The van der Waals surface area contributed by atoms with Crippen LogP contribution in [0.15, 0.2) is 18.3 Å². The molecule has 1 heterocycles. The van der Waals surface area contributed by atoms with Crippen LogP contribution >= 0.6 is 0 Å². The van der Waals surface area contributed by atoms with Crippen molar-refractivity contribution >= 4 is 0 Å². The van der Waals surface area contributed by atoms with E-state index in [4.69, 9.17) is 0 Å². The lowest BCUT2D eigenvalue weighted by atomic mass is 10.2. The standard InChI is InChI=1S/C11H8F3N/c12-11(13,14)9-4-6-10(15-7-9)5-3-8-1-2-8/h4,6-8H,1-2H2. The van der Waals surface area contributed by atoms with E-state index in [1.807, 2.05) is 0 Å². The lowest BCUT2D eigenvalue weighted by Gasteiger charge is -2.04. The van der Waals surface area contributed by atoms with Crippen LogP contribution in [0.1, 0.15) is 24.1 Å². The zero-order chi connectivity index (χ0) is 10.9. The van der Waals surface area contributed by atoms with Gasteiger partial charge in [0.25, 0.3) is 0 Å². The predicted molar refractivity (Wildman–Crippen MR) is 48.8 cm³/mol. The Labute approximate surface area is 85.3 Å². The molecular formula is C11H8F3N. The van der Waals surface area contributed by atoms with Gasteiger partial charge in [-0.3, -0.25) is 0 Å². The summed E-state index contributed by atoms with van der Waals surface area (Å²) in [5, 5.41) is 0. The van der Waals surface area contributed by atoms with Gasteiger partial charge in [-0.05, 0) is 30.9 Å². The van der Waals surface area contributed by atoms with Crippen LogP contribution in [-0.4, -0.2) is 4.98 Å². The first-order valence-electron chi connectivity index (χ1n) is 4.60. The molecule has 1 aromatic rings. The lowest BCUT2D eigenvalue weighted by molar-refractivity contribution is -0.137. The van der Waals surface area contributed by atoms with Crippen LogP contribution in [-0.2, 0) is 6.18 Å². The van der Waals surface area contributed by atoms with E-state index in [0.29, 0.717) is 11.6 Å². The van der Waals surface area contributed by atoms with Crippen molar-refractivity contribution in [2.75, 3.05) is 0 Å². The Hall–Kier alpha value is -1.50. The maximum atomic E-state index is 12.2. The molecule has 0 atom stereocenters. The topological polar surface area (TPSA) is 12.9 Å². The molecule has 1 aromatic heterocycles. The number of nitrogens with zero attached hydrogens (tertiary/aromatic N) is 1. The quantitative estimate of drug-likeness (QED) is 0.601. The Morgan fingerprint density at radius 1 is 1.27 bits per heavy atom. The first-order valence-corrected chi connectivity index (χ1v) is 4.60. The van der Waals surface area contributed by atoms with Crippen LogP contribution < -0.4 is 0 Å². The van der Waals surface area contributed by atoms with Crippen molar-refractivity contribution in [3.8, 4) is 11.8 Å². The molecule has 0 radical (unpaired) electrons. The summed E-state index contributed by atoms with van der Waals surface area (Å²) in [4.78, 5) is 3.65. The van der Waals surface area contributed by atoms with Gasteiger partial charge in [-0.2, -0.15) is 13.2 Å². The summed E-state index contributed by atoms with van der Waals surface area (Å²) >= 11 is 0. The fraction of sp³-hybridized carbons (Fsp3) is 0.364. The van der Waals surface area contributed by atoms with Gasteiger partial charge in [0, 0.05) is 12.1 Å². The SMILES string of the molecule is FC(F)(F)c1ccc(C#CC2CC2)nc1. The molecule has 0 saturated heterocycles. The third-order valence-electron chi connectivity index (χ3n) is 2.07. The van der Waals surface area contributed by atoms with Crippen LogP contribution in [0, 0.1) is 17.8 Å². The number of hydrogen-bond acceptors (Lipinski definition) is 1. The Bertz CT molecular complexity index is 404. The second-order valence-electron chi connectivity index (χ2n) is 3.47. The highest BCUT2D eigenvalue weighted by Crippen LogP contribution is 2.29. The molecular weight excluding hydrogens is 203 g/mol. The van der Waals surface area contributed by atoms with Gasteiger partial charge in [-0.1, -0.05) is 5.92 Å². The summed E-state index contributed by atoms with van der Waals surface area (Å²) < 4.78 is 36.5. The Morgan fingerprint density at radius 2 is 2.00 bits per heavy atom. The summed E-state index contributed by atoms with van der Waals surface area (Å²) in [6.07, 6.45) is -1.33. The van der Waals surface area contributed by atoms with Crippen LogP contribution in [0.3, 0.4) is 0 Å². The number of pyridine rings is 1. The van der Waals surface area contributed by atoms with Gasteiger partial charge < -0.3 is 0 Å². The van der Waals surface area contributed by atoms with Crippen molar-refractivity contribution in [3.05, 3.63) is 29.6 Å². The second kappa shape index (κ2) is 3.58. The van der Waals surface area contributed by atoms with Crippen LogP contribution in [0.5, 0.6) is 0 Å². The first kappa shape index (κ1) is 10.0. The monoisotopic (exact) mass is 211 g/mol. The van der Waals surface area contributed by atoms with E-state index in [0.717, 1.165) is 25.1 Å². The van der Waals surface area contributed by atoms with Crippen molar-refractivity contribution in [1.29, 1.82) is 0 Å². The van der Waals surface area contributed by atoms with E-state index in [1.165, 1.54) is 6.07 Å². The molecule has 0 aromatic carbocycles. The molecule has 1 aliphatic rings. The Balaban J connectivity index is 2.14. The second-order valence-corrected chi connectivity index (χ2v) is 3.47. The summed E-state index contributed by atoms with van der Waals surface area (Å²) in [6.45, 7) is 0. The molecule has 0 N–H and O–H groups in total. The molecule has 15 heavy (non-hydrogen) atoms. The highest BCUT2D eigenvalue weighted by atomic mass is 19.4. The van der Waals surface area contributed by atoms with Gasteiger partial charge in [0.2, 0.25) is 0 Å². The molecule has 0 unspecified atom stereocenters. The van der Waals surface area contributed by atoms with E-state index >= 15 is 0 Å². The molecule has 0 bridgehead atoms. The highest BCUT2D eigenvalue weighted by Gasteiger charge is 2.30. The average Bonchev–Trinajstić information content (AvgIpc) is 2.97. The minimum absolute atomic E-state index is 0.398. The minimum Gasteiger partial charge on any atom is -0.247 e. The molecule has 0 spiro atoms. The van der Waals surface area contributed by atoms with E-state index in [9.17, 15) is 13.2 Å². The smallest absolute Gasteiger partial charge is 0.247 e. The third-order valence-corrected chi connectivity index (χ3v) is 2.07. The van der Waals surface area contributed by atoms with Crippen molar-refractivity contribution in [2.24, 2.45) is 5.92 Å². The maximum Gasteiger partial charge on any atom is 0.417 e. The summed E-state index contributed by atoms with van der Waals surface area (Å²) in [5.74, 6) is 6.12. The summed E-state index contributed by atoms with van der Waals surface area (Å²) in [7, 11) is 0. The van der Waals surface area contributed by atoms with Crippen LogP contribution in [0.2, 0.25) is 0 Å². The van der Waals surface area contributed by atoms with Crippen molar-refractivity contribution < 1.29 is 13.2 Å². The number of aromatic nitrogens is 1. The Kier molecular flexibility index (Phi) is 2.39. The summed E-state index contributed by atoms with van der Waals surface area (Å²) in [5.41, 5.74) is -0.339. The molecule has 1 nitrogen and oxygen atoms in total. The van der Waals surface area contributed by atoms with Crippen LogP contribution in [0.4, 0.5) is 13.2 Å². The average molecular weight is 211 g/mol. The van der Waals surface area contributed by atoms with Crippen molar-refractivity contribution in [1.82, 2.24) is 4.98 Å². The van der Waals surface area contributed by atoms with Gasteiger partial charge in [0.1, 0.15) is 5.69 Å². The third kappa shape index (κ3) is 2.72. The zero-order valence-electron chi connectivity index (χ0n) is 7.80. The Morgan fingerprint density at radius 3 is 2.47 bits per heavy atom. The number of halogens is 3. The molecule has 0 aliphatic heterocycles. The first-order chi connectivity index (χ1) is 7.05. The molecule has 1 aliphatic carbocycles. The molecule has 2 rings (SSSR count). The fourth-order valence-corrected chi connectivity index (χ4v) is 1.04. The summed E-state index contributed by atoms with van der Waals surface area (Å²) in [6, 6.07) is 2.31. The predicted octanol–water partition coefficient (Wildman–Crippen LogP) is 2.86. The van der Waals surface area contributed by atoms with Crippen molar-refractivity contribution in [2.45, 2.75) is 19.0 Å². The van der Waals surface area contributed by atoms with Crippen LogP contribution in [0.25, 0.3) is 0 Å². The van der Waals surface area contributed by atoms with Gasteiger partial charge in [-0.25, -0.2) is 4.98 Å². The molecule has 78 valence electrons. The number of rotatable bonds is 0. The van der Waals surface area contributed by atoms with E-state index in [1.54, 1.807) is 0 Å². The fourth-order valence-electron chi connectivity index (χ4n) is 1.04. The number of alkyl halides is 3. The van der Waals surface area contributed by atoms with Gasteiger partial charge in [0.15, 0.2) is 0 Å². The van der Waals surface area contributed by atoms with E-state index in [2.05, 4.69) is 16.8 Å². The molecule has 1 fully saturated rings.